The summed E-state index contributed by atoms with van der Waals surface area (Å²) in [6.07, 6.45) is 0. The zero-order valence-electron chi connectivity index (χ0n) is 13.8. The van der Waals surface area contributed by atoms with Crippen molar-refractivity contribution in [2.24, 2.45) is 0 Å². The first-order valence-corrected chi connectivity index (χ1v) is 9.02. The number of hydrogen-bond acceptors (Lipinski definition) is 2. The first kappa shape index (κ1) is 15.6. The fourth-order valence-electron chi connectivity index (χ4n) is 3.00. The monoisotopic (exact) mass is 343 g/mol. The molecule has 0 saturated carbocycles. The molecule has 0 fully saturated rings. The largest absolute Gasteiger partial charge is 0.311 e. The summed E-state index contributed by atoms with van der Waals surface area (Å²) in [7, 11) is 1.82. The van der Waals surface area contributed by atoms with Crippen molar-refractivity contribution in [3.63, 3.8) is 0 Å². The Hall–Kier alpha value is -2.91. The first-order valence-electron chi connectivity index (χ1n) is 8.14. The molecule has 0 atom stereocenters. The van der Waals surface area contributed by atoms with Crippen LogP contribution in [0.15, 0.2) is 84.2 Å². The number of carbonyl (C=O) groups excluding carboxylic acids is 1. The van der Waals surface area contributed by atoms with Gasteiger partial charge in [0.15, 0.2) is 0 Å². The minimum Gasteiger partial charge on any atom is -0.311 e. The molecule has 0 saturated heterocycles. The maximum absolute atomic E-state index is 13.0. The highest BCUT2D eigenvalue weighted by Gasteiger charge is 2.16. The third-order valence-corrected chi connectivity index (χ3v) is 5.29. The Morgan fingerprint density at radius 3 is 2.28 bits per heavy atom. The third kappa shape index (κ3) is 2.94. The molecule has 3 heteroatoms. The second-order valence-corrected chi connectivity index (χ2v) is 6.84. The number of para-hydroxylation sites is 1. The third-order valence-electron chi connectivity index (χ3n) is 4.33. The highest BCUT2D eigenvalue weighted by molar-refractivity contribution is 7.17. The number of thiophene rings is 1. The van der Waals surface area contributed by atoms with E-state index in [-0.39, 0.29) is 5.91 Å². The predicted molar refractivity (Wildman–Crippen MR) is 106 cm³/mol. The van der Waals surface area contributed by atoms with Gasteiger partial charge in [0.25, 0.3) is 5.91 Å². The highest BCUT2D eigenvalue weighted by Crippen LogP contribution is 2.34. The fourth-order valence-corrected chi connectivity index (χ4v) is 3.92. The average molecular weight is 343 g/mol. The normalized spacial score (nSPS) is 10.8. The number of anilines is 1. The van der Waals surface area contributed by atoms with E-state index in [0.29, 0.717) is 5.56 Å². The number of benzene rings is 3. The van der Waals surface area contributed by atoms with Gasteiger partial charge in [-0.25, -0.2) is 0 Å². The number of fused-ring (bicyclic) bond motifs is 1. The van der Waals surface area contributed by atoms with E-state index in [1.54, 1.807) is 16.2 Å². The van der Waals surface area contributed by atoms with Gasteiger partial charge in [0, 0.05) is 28.6 Å². The van der Waals surface area contributed by atoms with Crippen LogP contribution in [0, 0.1) is 0 Å². The topological polar surface area (TPSA) is 20.3 Å². The Balaban J connectivity index is 1.82. The van der Waals surface area contributed by atoms with Crippen molar-refractivity contribution < 1.29 is 4.79 Å². The summed E-state index contributed by atoms with van der Waals surface area (Å²) in [5.41, 5.74) is 3.83. The minimum absolute atomic E-state index is 0.00326. The van der Waals surface area contributed by atoms with Crippen LogP contribution >= 0.6 is 11.3 Å². The van der Waals surface area contributed by atoms with Crippen molar-refractivity contribution in [2.75, 3.05) is 11.9 Å². The zero-order valence-corrected chi connectivity index (χ0v) is 14.7. The molecule has 4 rings (SSSR count). The molecule has 0 N–H and O–H groups in total. The fraction of sp³-hybridized carbons (Fsp3) is 0.0455. The molecule has 0 aliphatic heterocycles. The van der Waals surface area contributed by atoms with E-state index >= 15 is 0 Å². The van der Waals surface area contributed by atoms with Crippen LogP contribution in [-0.2, 0) is 0 Å². The maximum atomic E-state index is 13.0. The molecule has 0 unspecified atom stereocenters. The molecular formula is C22H17NOS. The van der Waals surface area contributed by atoms with Crippen LogP contribution in [-0.4, -0.2) is 13.0 Å². The summed E-state index contributed by atoms with van der Waals surface area (Å²) in [5.74, 6) is -0.00326. The van der Waals surface area contributed by atoms with E-state index in [1.807, 2.05) is 67.7 Å². The zero-order chi connectivity index (χ0) is 17.2. The van der Waals surface area contributed by atoms with Crippen LogP contribution in [0.25, 0.3) is 21.2 Å². The standard InChI is InChI=1S/C22H17NOS/c1-23(19-10-6-3-7-11-19)22(24)18-14-17-12-13-25-21(17)20(15-18)16-8-4-2-5-9-16/h2-15H,1H3. The van der Waals surface area contributed by atoms with Crippen LogP contribution in [0.5, 0.6) is 0 Å². The van der Waals surface area contributed by atoms with E-state index < -0.39 is 0 Å². The van der Waals surface area contributed by atoms with Crippen molar-refractivity contribution in [3.8, 4) is 11.1 Å². The van der Waals surface area contributed by atoms with Crippen molar-refractivity contribution in [1.82, 2.24) is 0 Å². The van der Waals surface area contributed by atoms with E-state index in [4.69, 9.17) is 0 Å². The molecule has 0 spiro atoms. The molecular weight excluding hydrogens is 326 g/mol. The number of amides is 1. The van der Waals surface area contributed by atoms with Crippen molar-refractivity contribution in [2.45, 2.75) is 0 Å². The van der Waals surface area contributed by atoms with Gasteiger partial charge in [0.1, 0.15) is 0 Å². The van der Waals surface area contributed by atoms with Gasteiger partial charge < -0.3 is 4.90 Å². The Morgan fingerprint density at radius 1 is 0.880 bits per heavy atom. The van der Waals surface area contributed by atoms with Crippen LogP contribution < -0.4 is 4.90 Å². The maximum Gasteiger partial charge on any atom is 0.258 e. The smallest absolute Gasteiger partial charge is 0.258 e. The van der Waals surface area contributed by atoms with Crippen LogP contribution in [0.2, 0.25) is 0 Å². The Kier molecular flexibility index (Phi) is 4.08. The number of nitrogens with zero attached hydrogens (tertiary/aromatic N) is 1. The van der Waals surface area contributed by atoms with Gasteiger partial charge >= 0.3 is 0 Å². The predicted octanol–water partition coefficient (Wildman–Crippen LogP) is 5.84. The van der Waals surface area contributed by atoms with Gasteiger partial charge in [-0.2, -0.15) is 0 Å². The average Bonchev–Trinajstić information content (AvgIpc) is 3.16. The molecule has 1 aromatic heterocycles. The molecule has 1 amide bonds. The van der Waals surface area contributed by atoms with Crippen LogP contribution in [0.4, 0.5) is 5.69 Å². The van der Waals surface area contributed by atoms with Gasteiger partial charge in [0.05, 0.1) is 0 Å². The van der Waals surface area contributed by atoms with Crippen LogP contribution in [0.3, 0.4) is 0 Å². The lowest BCUT2D eigenvalue weighted by Crippen LogP contribution is -2.26. The molecule has 1 heterocycles. The van der Waals surface area contributed by atoms with Gasteiger partial charge in [-0.3, -0.25) is 4.79 Å². The Morgan fingerprint density at radius 2 is 1.56 bits per heavy atom. The summed E-state index contributed by atoms with van der Waals surface area (Å²) in [4.78, 5) is 14.7. The summed E-state index contributed by atoms with van der Waals surface area (Å²) in [6, 6.07) is 26.0. The number of rotatable bonds is 3. The first-order chi connectivity index (χ1) is 12.2. The van der Waals surface area contributed by atoms with E-state index in [9.17, 15) is 4.79 Å². The molecule has 122 valence electrons. The van der Waals surface area contributed by atoms with E-state index in [2.05, 4.69) is 23.6 Å². The Bertz CT molecular complexity index is 1020. The van der Waals surface area contributed by atoms with Gasteiger partial charge in [0.2, 0.25) is 0 Å². The molecule has 0 aliphatic rings. The second kappa shape index (κ2) is 6.54. The van der Waals surface area contributed by atoms with E-state index in [0.717, 1.165) is 22.2 Å². The Labute approximate surface area is 151 Å². The highest BCUT2D eigenvalue weighted by atomic mass is 32.1. The molecule has 0 radical (unpaired) electrons. The van der Waals surface area contributed by atoms with Gasteiger partial charge in [-0.05, 0) is 46.7 Å². The molecule has 0 aliphatic carbocycles. The molecule has 3 aromatic carbocycles. The minimum atomic E-state index is -0.00326. The van der Waals surface area contributed by atoms with Gasteiger partial charge in [-0.15, -0.1) is 11.3 Å². The molecule has 4 aromatic rings. The van der Waals surface area contributed by atoms with Gasteiger partial charge in [-0.1, -0.05) is 48.5 Å². The lowest BCUT2D eigenvalue weighted by molar-refractivity contribution is 0.0993. The summed E-state index contributed by atoms with van der Waals surface area (Å²) in [6.45, 7) is 0. The molecule has 0 bridgehead atoms. The number of hydrogen-bond donors (Lipinski definition) is 0. The quantitative estimate of drug-likeness (QED) is 0.457. The summed E-state index contributed by atoms with van der Waals surface area (Å²) < 4.78 is 1.21. The lowest BCUT2D eigenvalue weighted by atomic mass is 10.0. The number of carbonyl (C=O) groups is 1. The summed E-state index contributed by atoms with van der Waals surface area (Å²) >= 11 is 1.71. The second-order valence-electron chi connectivity index (χ2n) is 5.93. The van der Waals surface area contributed by atoms with Crippen molar-refractivity contribution in [3.05, 3.63) is 89.8 Å². The SMILES string of the molecule is CN(C(=O)c1cc(-c2ccccc2)c2sccc2c1)c1ccccc1. The van der Waals surface area contributed by atoms with E-state index in [1.165, 1.54) is 4.70 Å². The van der Waals surface area contributed by atoms with Crippen molar-refractivity contribution >= 4 is 33.0 Å². The summed E-state index contributed by atoms with van der Waals surface area (Å²) in [5, 5.41) is 3.18. The van der Waals surface area contributed by atoms with Crippen LogP contribution in [0.1, 0.15) is 10.4 Å². The lowest BCUT2D eigenvalue weighted by Gasteiger charge is -2.18. The van der Waals surface area contributed by atoms with Crippen molar-refractivity contribution in [1.29, 1.82) is 0 Å². The molecule has 25 heavy (non-hydrogen) atoms. The molecule has 2 nitrogen and oxygen atoms in total.